The van der Waals surface area contributed by atoms with Crippen molar-refractivity contribution < 1.29 is 18.0 Å². The fourth-order valence-corrected chi connectivity index (χ4v) is 2.12. The monoisotopic (exact) mass is 189 g/mol. The van der Waals surface area contributed by atoms with Gasteiger partial charge in [0.05, 0.1) is 0 Å². The van der Waals surface area contributed by atoms with Crippen molar-refractivity contribution in [1.82, 2.24) is 5.27 Å². The maximum absolute atomic E-state index is 13.0. The lowest BCUT2D eigenvalue weighted by Gasteiger charge is -1.96. The first-order chi connectivity index (χ1) is 6.12. The van der Waals surface area contributed by atoms with Crippen molar-refractivity contribution in [1.29, 1.82) is 0 Å². The van der Waals surface area contributed by atoms with Crippen molar-refractivity contribution in [2.45, 2.75) is 24.8 Å². The minimum atomic E-state index is -2.66. The molecule has 0 amide bonds. The Balaban J connectivity index is 2.16. The van der Waals surface area contributed by atoms with E-state index in [1.807, 2.05) is 0 Å². The Hall–Kier alpha value is -1.20. The molecule has 0 spiro atoms. The topological polar surface area (TPSA) is 49.9 Å². The molecule has 1 saturated carbocycles. The number of hydrogen-bond acceptors (Lipinski definition) is 2. The van der Waals surface area contributed by atoms with Crippen molar-refractivity contribution in [3.8, 4) is 0 Å². The van der Waals surface area contributed by atoms with E-state index in [2.05, 4.69) is 9.79 Å². The summed E-state index contributed by atoms with van der Waals surface area (Å²) in [6.07, 6.45) is 0.753. The zero-order valence-corrected chi connectivity index (χ0v) is 6.59. The van der Waals surface area contributed by atoms with Crippen LogP contribution in [0.3, 0.4) is 0 Å². The quantitative estimate of drug-likeness (QED) is 0.584. The van der Waals surface area contributed by atoms with Gasteiger partial charge in [0.25, 0.3) is 11.7 Å². The second kappa shape index (κ2) is 1.83. The van der Waals surface area contributed by atoms with Gasteiger partial charge in [-0.15, -0.1) is 0 Å². The van der Waals surface area contributed by atoms with E-state index < -0.39 is 23.5 Å². The molecule has 2 aliphatic rings. The molecule has 70 valence electrons. The molecule has 1 aliphatic carbocycles. The highest BCUT2D eigenvalue weighted by atomic mass is 19.3. The van der Waals surface area contributed by atoms with Gasteiger partial charge < -0.3 is 0 Å². The Bertz CT molecular complexity index is 422. The smallest absolute Gasteiger partial charge is 0.283 e. The summed E-state index contributed by atoms with van der Waals surface area (Å²) in [6.45, 7) is 0. The van der Waals surface area contributed by atoms with E-state index in [1.54, 1.807) is 0 Å². The van der Waals surface area contributed by atoms with Gasteiger partial charge in [0.15, 0.2) is 0 Å². The fourth-order valence-electron chi connectivity index (χ4n) is 2.12. The van der Waals surface area contributed by atoms with Crippen LogP contribution in [0.15, 0.2) is 9.32 Å². The molecule has 6 heteroatoms. The molecule has 1 N–H and O–H groups in total. The van der Waals surface area contributed by atoms with E-state index in [1.165, 1.54) is 4.68 Å². The van der Waals surface area contributed by atoms with Gasteiger partial charge in [-0.05, 0) is 11.7 Å². The summed E-state index contributed by atoms with van der Waals surface area (Å²) in [4.78, 5) is 11.0. The van der Waals surface area contributed by atoms with Gasteiger partial charge >= 0.3 is 11.5 Å². The van der Waals surface area contributed by atoms with Crippen molar-refractivity contribution in [3.05, 3.63) is 16.1 Å². The van der Waals surface area contributed by atoms with Crippen LogP contribution in [0.5, 0.6) is 0 Å². The highest BCUT2D eigenvalue weighted by molar-refractivity contribution is 5.07. The van der Waals surface area contributed by atoms with Gasteiger partial charge in [-0.1, -0.05) is 4.68 Å². The van der Waals surface area contributed by atoms with Crippen LogP contribution < -0.4 is 10.3 Å². The lowest BCUT2D eigenvalue weighted by Crippen LogP contribution is -2.44. The molecule has 1 aromatic heterocycles. The summed E-state index contributed by atoms with van der Waals surface area (Å²) >= 11 is 0. The zero-order valence-electron chi connectivity index (χ0n) is 6.59. The summed E-state index contributed by atoms with van der Waals surface area (Å²) < 4.78 is 31.6. The first kappa shape index (κ1) is 7.23. The Morgan fingerprint density at radius 2 is 2.38 bits per heavy atom. The van der Waals surface area contributed by atoms with Gasteiger partial charge in [-0.25, -0.2) is 4.79 Å². The van der Waals surface area contributed by atoms with E-state index in [9.17, 15) is 13.6 Å². The van der Waals surface area contributed by atoms with Crippen LogP contribution in [0.1, 0.15) is 18.2 Å². The predicted molar refractivity (Wildman–Crippen MR) is 35.3 cm³/mol. The predicted octanol–water partition coefficient (Wildman–Crippen LogP) is 0.00780. The van der Waals surface area contributed by atoms with Crippen molar-refractivity contribution >= 4 is 0 Å². The number of halogens is 2. The number of fused-ring (bicyclic) bond motifs is 3. The molecule has 1 fully saturated rings. The highest BCUT2D eigenvalue weighted by Gasteiger charge is 2.78. The third-order valence-electron chi connectivity index (χ3n) is 2.89. The highest BCUT2D eigenvalue weighted by Crippen LogP contribution is 2.59. The molecule has 1 aromatic rings. The van der Waals surface area contributed by atoms with E-state index >= 15 is 0 Å². The lowest BCUT2D eigenvalue weighted by molar-refractivity contribution is -0.782. The van der Waals surface area contributed by atoms with Crippen LogP contribution in [0.25, 0.3) is 0 Å². The minimum Gasteiger partial charge on any atom is -0.283 e. The SMILES string of the molecule is O=c1o[nH][n+]2c1CC[C@@H]1[C@H]2C1(F)F. The molecule has 0 unspecified atom stereocenters. The largest absolute Gasteiger partial charge is 0.429 e. The molecular formula is C7H7F2N2O2+. The molecule has 2 heterocycles. The summed E-state index contributed by atoms with van der Waals surface area (Å²) in [5.74, 6) is -3.28. The normalized spacial score (nSPS) is 33.7. The van der Waals surface area contributed by atoms with Crippen LogP contribution in [0.4, 0.5) is 8.78 Å². The standard InChI is InChI=1S/C7H6F2N2O2/c8-7(9)3-1-2-4-6(12)13-10-11(4)5(3)7/h3,5H,1-2H2/p+1/t3-,5+/m1/s1. The third-order valence-corrected chi connectivity index (χ3v) is 2.89. The van der Waals surface area contributed by atoms with Crippen LogP contribution in [0.2, 0.25) is 0 Å². The summed E-state index contributed by atoms with van der Waals surface area (Å²) in [7, 11) is 0. The first-order valence-electron chi connectivity index (χ1n) is 4.12. The Morgan fingerprint density at radius 1 is 1.62 bits per heavy atom. The van der Waals surface area contributed by atoms with Crippen molar-refractivity contribution in [3.63, 3.8) is 0 Å². The van der Waals surface area contributed by atoms with Gasteiger partial charge in [0, 0.05) is 6.42 Å². The first-order valence-corrected chi connectivity index (χ1v) is 4.12. The van der Waals surface area contributed by atoms with Crippen LogP contribution in [0, 0.1) is 5.92 Å². The van der Waals surface area contributed by atoms with Gasteiger partial charge in [-0.3, -0.25) is 4.52 Å². The van der Waals surface area contributed by atoms with Crippen LogP contribution >= 0.6 is 0 Å². The Kier molecular flexibility index (Phi) is 1.02. The van der Waals surface area contributed by atoms with Gasteiger partial charge in [-0.2, -0.15) is 8.78 Å². The average Bonchev–Trinajstić information content (AvgIpc) is 2.50. The van der Waals surface area contributed by atoms with E-state index in [0.29, 0.717) is 18.5 Å². The number of nitrogens with zero attached hydrogens (tertiary/aromatic N) is 1. The maximum atomic E-state index is 13.0. The molecule has 0 radical (unpaired) electrons. The lowest BCUT2D eigenvalue weighted by atomic mass is 10.1. The molecule has 0 aromatic carbocycles. The number of aromatic nitrogens is 2. The van der Waals surface area contributed by atoms with Gasteiger partial charge in [0.2, 0.25) is 0 Å². The number of aromatic amines is 1. The second-order valence-corrected chi connectivity index (χ2v) is 3.56. The third kappa shape index (κ3) is 0.691. The molecule has 1 aliphatic heterocycles. The second-order valence-electron chi connectivity index (χ2n) is 3.56. The number of alkyl halides is 2. The van der Waals surface area contributed by atoms with Crippen molar-refractivity contribution in [2.75, 3.05) is 0 Å². The number of rotatable bonds is 0. The molecular weight excluding hydrogens is 182 g/mol. The molecule has 3 rings (SSSR count). The fraction of sp³-hybridized carbons (Fsp3) is 0.714. The number of hydrogen-bond donors (Lipinski definition) is 1. The number of H-pyrrole nitrogens is 1. The van der Waals surface area contributed by atoms with E-state index in [-0.39, 0.29) is 0 Å². The van der Waals surface area contributed by atoms with Gasteiger partial charge in [0.1, 0.15) is 5.92 Å². The molecule has 2 atom stereocenters. The zero-order chi connectivity index (χ0) is 9.22. The molecule has 0 saturated heterocycles. The van der Waals surface area contributed by atoms with E-state index in [0.717, 1.165) is 0 Å². The summed E-state index contributed by atoms with van der Waals surface area (Å²) in [5.41, 5.74) is -0.195. The molecule has 13 heavy (non-hydrogen) atoms. The van der Waals surface area contributed by atoms with E-state index in [4.69, 9.17) is 0 Å². The summed E-state index contributed by atoms with van der Waals surface area (Å²) in [6, 6.07) is -0.873. The minimum absolute atomic E-state index is 0.332. The molecule has 0 bridgehead atoms. The molecule has 4 nitrogen and oxygen atoms in total. The van der Waals surface area contributed by atoms with Crippen LogP contribution in [-0.2, 0) is 6.42 Å². The average molecular weight is 189 g/mol. The Labute approximate surface area is 71.1 Å². The van der Waals surface area contributed by atoms with Crippen LogP contribution in [-0.4, -0.2) is 11.2 Å². The van der Waals surface area contributed by atoms with Crippen molar-refractivity contribution in [2.24, 2.45) is 5.92 Å². The Morgan fingerprint density at radius 3 is 3.15 bits per heavy atom. The number of nitrogens with one attached hydrogen (secondary N) is 1. The maximum Gasteiger partial charge on any atom is 0.429 e. The summed E-state index contributed by atoms with van der Waals surface area (Å²) in [5, 5.41) is 2.22.